The molecule has 1 amide bonds. The summed E-state index contributed by atoms with van der Waals surface area (Å²) >= 11 is 0. The van der Waals surface area contributed by atoms with Gasteiger partial charge in [0.1, 0.15) is 0 Å². The molecule has 3 saturated carbocycles. The Labute approximate surface area is 144 Å². The molecule has 7 atom stereocenters. The number of amides is 1. The van der Waals surface area contributed by atoms with Crippen molar-refractivity contribution in [3.8, 4) is 0 Å². The Morgan fingerprint density at radius 2 is 1.96 bits per heavy atom. The maximum absolute atomic E-state index is 12.3. The minimum Gasteiger partial charge on any atom is -0.469 e. The highest BCUT2D eigenvalue weighted by atomic mass is 16.5. The smallest absolute Gasteiger partial charge is 0.309 e. The lowest BCUT2D eigenvalue weighted by Crippen LogP contribution is -2.59. The first-order valence-electron chi connectivity index (χ1n) is 9.47. The summed E-state index contributed by atoms with van der Waals surface area (Å²) in [5, 5.41) is 3.20. The Balaban J connectivity index is 1.64. The topological polar surface area (TPSA) is 55.4 Å². The Morgan fingerprint density at radius 3 is 2.71 bits per heavy atom. The second-order valence-electron chi connectivity index (χ2n) is 8.91. The standard InChI is InChI=1S/C20H29NO3/c1-19-10-8-14-12(13(19)5-6-15(19)18(23)24-3)4-7-16-20(14,2)11-9-17(22)21-16/h9,11-16H,4-8,10H2,1-3H3,(H,21,22)/t12?,13?,14?,15-,16-,19+,20-/m1/s1. The van der Waals surface area contributed by atoms with Gasteiger partial charge in [-0.3, -0.25) is 9.59 Å². The fourth-order valence-electron chi connectivity index (χ4n) is 6.86. The summed E-state index contributed by atoms with van der Waals surface area (Å²) in [6, 6.07) is 0.276. The molecule has 24 heavy (non-hydrogen) atoms. The summed E-state index contributed by atoms with van der Waals surface area (Å²) < 4.78 is 5.10. The third kappa shape index (κ3) is 2.04. The Kier molecular flexibility index (Phi) is 3.59. The van der Waals surface area contributed by atoms with Crippen LogP contribution in [0, 0.1) is 34.5 Å². The van der Waals surface area contributed by atoms with E-state index in [1.165, 1.54) is 13.5 Å². The van der Waals surface area contributed by atoms with Crippen LogP contribution in [-0.2, 0) is 14.3 Å². The molecule has 132 valence electrons. The van der Waals surface area contributed by atoms with E-state index >= 15 is 0 Å². The number of ether oxygens (including phenoxy) is 1. The van der Waals surface area contributed by atoms with E-state index in [-0.39, 0.29) is 34.7 Å². The van der Waals surface area contributed by atoms with Crippen LogP contribution in [0.5, 0.6) is 0 Å². The second kappa shape index (κ2) is 5.34. The first kappa shape index (κ1) is 16.2. The van der Waals surface area contributed by atoms with Crippen LogP contribution >= 0.6 is 0 Å². The van der Waals surface area contributed by atoms with E-state index < -0.39 is 0 Å². The van der Waals surface area contributed by atoms with E-state index in [1.807, 2.05) is 0 Å². The molecular formula is C20H29NO3. The molecule has 4 rings (SSSR count). The highest BCUT2D eigenvalue weighted by Crippen LogP contribution is 2.65. The van der Waals surface area contributed by atoms with Crippen LogP contribution in [-0.4, -0.2) is 25.0 Å². The van der Waals surface area contributed by atoms with E-state index in [9.17, 15) is 9.59 Å². The summed E-state index contributed by atoms with van der Waals surface area (Å²) in [5.41, 5.74) is 0.167. The van der Waals surface area contributed by atoms with E-state index in [0.29, 0.717) is 17.8 Å². The van der Waals surface area contributed by atoms with Gasteiger partial charge >= 0.3 is 5.97 Å². The van der Waals surface area contributed by atoms with Gasteiger partial charge in [-0.1, -0.05) is 19.9 Å². The number of fused-ring (bicyclic) bond motifs is 5. The molecule has 3 unspecified atom stereocenters. The normalized spacial score (nSPS) is 49.6. The van der Waals surface area contributed by atoms with E-state index in [1.54, 1.807) is 6.08 Å². The molecule has 4 nitrogen and oxygen atoms in total. The molecule has 0 spiro atoms. The number of esters is 1. The van der Waals surface area contributed by atoms with Crippen LogP contribution < -0.4 is 5.32 Å². The highest BCUT2D eigenvalue weighted by molar-refractivity contribution is 5.89. The average molecular weight is 331 g/mol. The SMILES string of the molecule is COC(=O)[C@H]1CCC2C3CC[C@H]4NC(=O)C=C[C@]4(C)C3CC[C@@]21C. The van der Waals surface area contributed by atoms with Crippen molar-refractivity contribution in [3.05, 3.63) is 12.2 Å². The van der Waals surface area contributed by atoms with E-state index in [2.05, 4.69) is 25.2 Å². The number of carbonyl (C=O) groups excluding carboxylic acids is 2. The number of hydrogen-bond acceptors (Lipinski definition) is 3. The molecule has 3 fully saturated rings. The van der Waals surface area contributed by atoms with Gasteiger partial charge in [0, 0.05) is 11.5 Å². The molecule has 0 aromatic rings. The summed E-state index contributed by atoms with van der Waals surface area (Å²) in [5.74, 6) is 2.01. The first-order chi connectivity index (χ1) is 11.4. The summed E-state index contributed by atoms with van der Waals surface area (Å²) in [6.07, 6.45) is 10.5. The predicted octanol–water partition coefficient (Wildman–Crippen LogP) is 3.07. The van der Waals surface area contributed by atoms with Crippen LogP contribution in [0.4, 0.5) is 0 Å². The third-order valence-corrected chi connectivity index (χ3v) is 8.17. The molecule has 0 aromatic carbocycles. The molecule has 0 bridgehead atoms. The highest BCUT2D eigenvalue weighted by Gasteiger charge is 2.61. The van der Waals surface area contributed by atoms with Crippen molar-refractivity contribution in [2.24, 2.45) is 34.5 Å². The van der Waals surface area contributed by atoms with Gasteiger partial charge in [0.25, 0.3) is 0 Å². The number of nitrogens with one attached hydrogen (secondary N) is 1. The zero-order valence-corrected chi connectivity index (χ0v) is 15.0. The van der Waals surface area contributed by atoms with Gasteiger partial charge in [-0.15, -0.1) is 0 Å². The fourth-order valence-corrected chi connectivity index (χ4v) is 6.86. The number of methoxy groups -OCH3 is 1. The molecule has 0 radical (unpaired) electrons. The summed E-state index contributed by atoms with van der Waals surface area (Å²) in [4.78, 5) is 24.0. The van der Waals surface area contributed by atoms with Gasteiger partial charge in [-0.25, -0.2) is 0 Å². The van der Waals surface area contributed by atoms with Gasteiger partial charge in [-0.05, 0) is 67.8 Å². The number of carbonyl (C=O) groups is 2. The Hall–Kier alpha value is -1.32. The second-order valence-corrected chi connectivity index (χ2v) is 8.91. The summed E-state index contributed by atoms with van der Waals surface area (Å²) in [6.45, 7) is 4.66. The monoisotopic (exact) mass is 331 g/mol. The molecule has 0 aromatic heterocycles. The van der Waals surface area contributed by atoms with Crippen LogP contribution in [0.1, 0.15) is 52.4 Å². The van der Waals surface area contributed by atoms with Crippen molar-refractivity contribution in [2.45, 2.75) is 58.4 Å². The minimum absolute atomic E-state index is 0.0110. The zero-order chi connectivity index (χ0) is 17.1. The predicted molar refractivity (Wildman–Crippen MR) is 91.0 cm³/mol. The zero-order valence-electron chi connectivity index (χ0n) is 15.0. The lowest BCUT2D eigenvalue weighted by Gasteiger charge is -2.58. The maximum Gasteiger partial charge on any atom is 0.309 e. The lowest BCUT2D eigenvalue weighted by molar-refractivity contribution is -0.153. The van der Waals surface area contributed by atoms with Crippen molar-refractivity contribution < 1.29 is 14.3 Å². The van der Waals surface area contributed by atoms with Crippen molar-refractivity contribution in [1.29, 1.82) is 0 Å². The van der Waals surface area contributed by atoms with E-state index in [0.717, 1.165) is 32.1 Å². The van der Waals surface area contributed by atoms with Crippen molar-refractivity contribution >= 4 is 11.9 Å². The van der Waals surface area contributed by atoms with Crippen LogP contribution in [0.2, 0.25) is 0 Å². The largest absolute Gasteiger partial charge is 0.469 e. The fraction of sp³-hybridized carbons (Fsp3) is 0.800. The average Bonchev–Trinajstić information content (AvgIpc) is 2.92. The minimum atomic E-state index is -0.0110. The van der Waals surface area contributed by atoms with Gasteiger partial charge in [0.05, 0.1) is 13.0 Å². The molecular weight excluding hydrogens is 302 g/mol. The molecule has 4 heteroatoms. The van der Waals surface area contributed by atoms with E-state index in [4.69, 9.17) is 4.74 Å². The Bertz CT molecular complexity index is 600. The first-order valence-corrected chi connectivity index (χ1v) is 9.47. The van der Waals surface area contributed by atoms with Crippen molar-refractivity contribution in [3.63, 3.8) is 0 Å². The van der Waals surface area contributed by atoms with Crippen LogP contribution in [0.25, 0.3) is 0 Å². The Morgan fingerprint density at radius 1 is 1.17 bits per heavy atom. The maximum atomic E-state index is 12.3. The third-order valence-electron chi connectivity index (χ3n) is 8.17. The lowest BCUT2D eigenvalue weighted by atomic mass is 9.48. The number of hydrogen-bond donors (Lipinski definition) is 1. The van der Waals surface area contributed by atoms with Gasteiger partial charge < -0.3 is 10.1 Å². The van der Waals surface area contributed by atoms with Crippen molar-refractivity contribution in [1.82, 2.24) is 5.32 Å². The molecule has 3 aliphatic carbocycles. The summed E-state index contributed by atoms with van der Waals surface area (Å²) in [7, 11) is 1.52. The molecule has 0 saturated heterocycles. The molecule has 1 N–H and O–H groups in total. The van der Waals surface area contributed by atoms with Gasteiger partial charge in [0.2, 0.25) is 5.91 Å². The molecule has 1 heterocycles. The van der Waals surface area contributed by atoms with Gasteiger partial charge in [-0.2, -0.15) is 0 Å². The molecule has 1 aliphatic heterocycles. The molecule has 4 aliphatic rings. The van der Waals surface area contributed by atoms with Gasteiger partial charge in [0.15, 0.2) is 0 Å². The van der Waals surface area contributed by atoms with Crippen LogP contribution in [0.15, 0.2) is 12.2 Å². The van der Waals surface area contributed by atoms with Crippen LogP contribution in [0.3, 0.4) is 0 Å². The number of rotatable bonds is 1. The quantitative estimate of drug-likeness (QED) is 0.751. The van der Waals surface area contributed by atoms with Crippen molar-refractivity contribution in [2.75, 3.05) is 7.11 Å².